The van der Waals surface area contributed by atoms with Crippen LogP contribution in [0.2, 0.25) is 4.34 Å². The zero-order chi connectivity index (χ0) is 16.6. The van der Waals surface area contributed by atoms with Gasteiger partial charge in [0.1, 0.15) is 0 Å². The topological polar surface area (TPSA) is 49.4 Å². The molecule has 0 bridgehead atoms. The molecular weight excluding hydrogens is 352 g/mol. The van der Waals surface area contributed by atoms with Gasteiger partial charge < -0.3 is 10.2 Å². The van der Waals surface area contributed by atoms with Gasteiger partial charge >= 0.3 is 0 Å². The summed E-state index contributed by atoms with van der Waals surface area (Å²) in [7, 11) is 1.75. The Morgan fingerprint density at radius 2 is 2.13 bits per heavy atom. The van der Waals surface area contributed by atoms with Crippen molar-refractivity contribution >= 4 is 52.2 Å². The number of amides is 2. The lowest BCUT2D eigenvalue weighted by Crippen LogP contribution is -2.28. The van der Waals surface area contributed by atoms with Crippen LogP contribution >= 0.6 is 34.7 Å². The van der Waals surface area contributed by atoms with Crippen LogP contribution < -0.4 is 5.32 Å². The van der Waals surface area contributed by atoms with Crippen LogP contribution in [-0.4, -0.2) is 29.0 Å². The minimum atomic E-state index is -0.115. The number of hydrogen-bond acceptors (Lipinski definition) is 4. The Balaban J connectivity index is 1.77. The number of carbonyl (C=O) groups is 2. The van der Waals surface area contributed by atoms with E-state index in [2.05, 4.69) is 5.32 Å². The highest BCUT2D eigenvalue weighted by Crippen LogP contribution is 2.36. The zero-order valence-corrected chi connectivity index (χ0v) is 15.0. The molecule has 1 N–H and O–H groups in total. The van der Waals surface area contributed by atoms with E-state index in [4.69, 9.17) is 11.6 Å². The quantitative estimate of drug-likeness (QED) is 0.889. The number of fused-ring (bicyclic) bond motifs is 1. The van der Waals surface area contributed by atoms with E-state index >= 15 is 0 Å². The summed E-state index contributed by atoms with van der Waals surface area (Å²) < 4.78 is 0.712. The number of nitrogens with one attached hydrogen (secondary N) is 1. The fraction of sp³-hybridized carbons (Fsp3) is 0.250. The van der Waals surface area contributed by atoms with Crippen molar-refractivity contribution in [1.29, 1.82) is 0 Å². The molecule has 7 heteroatoms. The normalized spacial score (nSPS) is 16.7. The average molecular weight is 367 g/mol. The molecule has 1 aromatic carbocycles. The van der Waals surface area contributed by atoms with Crippen molar-refractivity contribution in [1.82, 2.24) is 4.90 Å². The van der Waals surface area contributed by atoms with Crippen LogP contribution in [0.1, 0.15) is 22.2 Å². The Morgan fingerprint density at radius 1 is 1.35 bits per heavy atom. The van der Waals surface area contributed by atoms with E-state index in [-0.39, 0.29) is 17.1 Å². The first kappa shape index (κ1) is 16.4. The van der Waals surface area contributed by atoms with E-state index in [1.54, 1.807) is 24.1 Å². The van der Waals surface area contributed by atoms with Crippen LogP contribution in [0.15, 0.2) is 35.2 Å². The summed E-state index contributed by atoms with van der Waals surface area (Å²) in [5.74, 6) is -0.121. The largest absolute Gasteiger partial charge is 0.337 e. The number of rotatable bonds is 3. The fourth-order valence-corrected chi connectivity index (χ4v) is 4.38. The monoisotopic (exact) mass is 366 g/mol. The summed E-state index contributed by atoms with van der Waals surface area (Å²) in [4.78, 5) is 28.0. The maximum absolute atomic E-state index is 12.6. The summed E-state index contributed by atoms with van der Waals surface area (Å²) in [6.45, 7) is 2.37. The molecule has 1 atom stereocenters. The zero-order valence-electron chi connectivity index (χ0n) is 12.6. The molecule has 1 unspecified atom stereocenters. The predicted octanol–water partition coefficient (Wildman–Crippen LogP) is 4.11. The van der Waals surface area contributed by atoms with Gasteiger partial charge in [0, 0.05) is 22.4 Å². The van der Waals surface area contributed by atoms with E-state index in [0.29, 0.717) is 22.1 Å². The first-order valence-electron chi connectivity index (χ1n) is 7.05. The number of thiophene rings is 1. The van der Waals surface area contributed by atoms with Crippen molar-refractivity contribution in [2.24, 2.45) is 0 Å². The van der Waals surface area contributed by atoms with Crippen LogP contribution in [0, 0.1) is 0 Å². The van der Waals surface area contributed by atoms with Crippen LogP contribution in [0.25, 0.3) is 0 Å². The second kappa shape index (κ2) is 6.55. The molecule has 3 rings (SSSR count). The molecular formula is C16H15ClN2O2S2. The van der Waals surface area contributed by atoms with Gasteiger partial charge in [-0.05, 0) is 37.3 Å². The Bertz CT molecular complexity index is 775. The Kier molecular flexibility index (Phi) is 4.66. The SMILES string of the molecule is CC1Sc2ccc(C(=O)N(C)Cc3ccc(Cl)s3)cc2NC1=O. The third-order valence-electron chi connectivity index (χ3n) is 3.53. The molecule has 1 aromatic heterocycles. The first-order chi connectivity index (χ1) is 10.9. The molecule has 0 spiro atoms. The lowest BCUT2D eigenvalue weighted by molar-refractivity contribution is -0.115. The molecule has 0 radical (unpaired) electrons. The minimum absolute atomic E-state index is 0.0336. The number of thioether (sulfide) groups is 1. The van der Waals surface area contributed by atoms with Crippen molar-refractivity contribution in [3.63, 3.8) is 0 Å². The van der Waals surface area contributed by atoms with E-state index in [1.807, 2.05) is 25.1 Å². The summed E-state index contributed by atoms with van der Waals surface area (Å²) in [5.41, 5.74) is 1.26. The minimum Gasteiger partial charge on any atom is -0.337 e. The predicted molar refractivity (Wildman–Crippen MR) is 95.5 cm³/mol. The van der Waals surface area contributed by atoms with Crippen LogP contribution in [0.4, 0.5) is 5.69 Å². The summed E-state index contributed by atoms with van der Waals surface area (Å²) in [5, 5.41) is 2.74. The molecule has 4 nitrogen and oxygen atoms in total. The highest BCUT2D eigenvalue weighted by Gasteiger charge is 2.24. The molecule has 23 heavy (non-hydrogen) atoms. The van der Waals surface area contributed by atoms with Gasteiger partial charge in [0.2, 0.25) is 5.91 Å². The Hall–Kier alpha value is -1.50. The van der Waals surface area contributed by atoms with Crippen LogP contribution in [-0.2, 0) is 11.3 Å². The molecule has 2 amide bonds. The van der Waals surface area contributed by atoms with Gasteiger partial charge in [-0.3, -0.25) is 9.59 Å². The van der Waals surface area contributed by atoms with Gasteiger partial charge in [0.25, 0.3) is 5.91 Å². The van der Waals surface area contributed by atoms with Crippen molar-refractivity contribution in [3.05, 3.63) is 45.1 Å². The number of anilines is 1. The van der Waals surface area contributed by atoms with Crippen molar-refractivity contribution in [3.8, 4) is 0 Å². The summed E-state index contributed by atoms with van der Waals surface area (Å²) in [6, 6.07) is 9.18. The molecule has 0 saturated carbocycles. The van der Waals surface area contributed by atoms with Gasteiger partial charge in [0.15, 0.2) is 0 Å². The molecule has 1 aliphatic heterocycles. The summed E-state index contributed by atoms with van der Waals surface area (Å²) in [6.07, 6.45) is 0. The van der Waals surface area contributed by atoms with Gasteiger partial charge in [-0.25, -0.2) is 0 Å². The van der Waals surface area contributed by atoms with Crippen molar-refractivity contribution < 1.29 is 9.59 Å². The number of benzene rings is 1. The fourth-order valence-electron chi connectivity index (χ4n) is 2.30. The number of halogens is 1. The van der Waals surface area contributed by atoms with Crippen LogP contribution in [0.5, 0.6) is 0 Å². The summed E-state index contributed by atoms with van der Waals surface area (Å²) >= 11 is 8.89. The smallest absolute Gasteiger partial charge is 0.253 e. The molecule has 2 aromatic rings. The third-order valence-corrected chi connectivity index (χ3v) is 5.92. The van der Waals surface area contributed by atoms with E-state index in [9.17, 15) is 9.59 Å². The van der Waals surface area contributed by atoms with Gasteiger partial charge in [0.05, 0.1) is 21.8 Å². The van der Waals surface area contributed by atoms with Gasteiger partial charge in [-0.1, -0.05) is 11.6 Å². The lowest BCUT2D eigenvalue weighted by Gasteiger charge is -2.23. The maximum Gasteiger partial charge on any atom is 0.253 e. The Morgan fingerprint density at radius 3 is 2.83 bits per heavy atom. The Labute approximate surface area is 147 Å². The second-order valence-electron chi connectivity index (χ2n) is 5.33. The first-order valence-corrected chi connectivity index (χ1v) is 9.12. The van der Waals surface area contributed by atoms with Crippen molar-refractivity contribution in [2.75, 3.05) is 12.4 Å². The number of hydrogen-bond donors (Lipinski definition) is 1. The molecule has 2 heterocycles. The average Bonchev–Trinajstić information content (AvgIpc) is 2.92. The van der Waals surface area contributed by atoms with E-state index < -0.39 is 0 Å². The molecule has 0 fully saturated rings. The van der Waals surface area contributed by atoms with Crippen LogP contribution in [0.3, 0.4) is 0 Å². The molecule has 0 aliphatic carbocycles. The van der Waals surface area contributed by atoms with Crippen molar-refractivity contribution in [2.45, 2.75) is 23.6 Å². The number of carbonyl (C=O) groups excluding carboxylic acids is 2. The highest BCUT2D eigenvalue weighted by atomic mass is 35.5. The molecule has 0 saturated heterocycles. The number of nitrogens with zero attached hydrogens (tertiary/aromatic N) is 1. The lowest BCUT2D eigenvalue weighted by atomic mass is 10.1. The van der Waals surface area contributed by atoms with Gasteiger partial charge in [-0.15, -0.1) is 23.1 Å². The maximum atomic E-state index is 12.6. The highest BCUT2D eigenvalue weighted by molar-refractivity contribution is 8.00. The molecule has 120 valence electrons. The van der Waals surface area contributed by atoms with Gasteiger partial charge in [-0.2, -0.15) is 0 Å². The molecule has 1 aliphatic rings. The second-order valence-corrected chi connectivity index (χ2v) is 8.51. The van der Waals surface area contributed by atoms with E-state index in [0.717, 1.165) is 9.77 Å². The van der Waals surface area contributed by atoms with E-state index in [1.165, 1.54) is 23.1 Å². The third kappa shape index (κ3) is 3.54. The standard InChI is InChI=1S/C16H15ClN2O2S2/c1-9-15(20)18-12-7-10(3-5-13(12)22-9)16(21)19(2)8-11-4-6-14(17)23-11/h3-7,9H,8H2,1-2H3,(H,18,20).